The van der Waals surface area contributed by atoms with E-state index >= 15 is 0 Å². The van der Waals surface area contributed by atoms with Gasteiger partial charge in [0.25, 0.3) is 0 Å². The summed E-state index contributed by atoms with van der Waals surface area (Å²) in [5, 5.41) is 46.2. The lowest BCUT2D eigenvalue weighted by atomic mass is 9.74. The molecular formula is C39H69NO14. The zero-order valence-electron chi connectivity index (χ0n) is 34.6. The smallest absolute Gasteiger partial charge is 0.311 e. The Bertz CT molecular complexity index is 1250. The highest BCUT2D eigenvalue weighted by molar-refractivity contribution is 5.83. The van der Waals surface area contributed by atoms with Gasteiger partial charge in [-0.2, -0.15) is 0 Å². The molecule has 0 spiro atoms. The van der Waals surface area contributed by atoms with E-state index in [1.165, 1.54) is 27.9 Å². The van der Waals surface area contributed by atoms with Crippen LogP contribution >= 0.6 is 0 Å². The maximum atomic E-state index is 14.1. The van der Waals surface area contributed by atoms with Crippen molar-refractivity contribution in [3.05, 3.63) is 0 Å². The number of ketones is 1. The van der Waals surface area contributed by atoms with E-state index in [4.69, 9.17) is 33.2 Å². The maximum absolute atomic E-state index is 14.1. The molecule has 2 unspecified atom stereocenters. The van der Waals surface area contributed by atoms with Crippen LogP contribution in [0.4, 0.5) is 0 Å². The molecule has 3 aliphatic heterocycles. The first-order valence-electron chi connectivity index (χ1n) is 19.6. The van der Waals surface area contributed by atoms with Gasteiger partial charge in [-0.15, -0.1) is 0 Å². The number of likely N-dealkylation sites (N-methyl/N-ethyl adjacent to an activating group) is 1. The zero-order chi connectivity index (χ0) is 41.0. The van der Waals surface area contributed by atoms with Gasteiger partial charge in [-0.1, -0.05) is 34.6 Å². The SMILES string of the molecule is CCC(=O)O[C@H]1C(O[C@@H]2[C@@H](C)[C@H](OC3C[C@@H](OC)[C@@H](O)[C@H](C)O3)[C@@H](C)C(=O)O[C@H](CC)[C@@](C)(O)[C@H](O)[C@@H](C)C(=O)[C@H](C)C[C@@]2(C)O)O[C@H](C)C[C@@H]1N(C)C. The molecule has 15 heteroatoms. The van der Waals surface area contributed by atoms with E-state index in [0.717, 1.165) is 0 Å². The molecule has 0 aliphatic carbocycles. The summed E-state index contributed by atoms with van der Waals surface area (Å²) in [6, 6.07) is -0.315. The fourth-order valence-corrected chi connectivity index (χ4v) is 8.49. The van der Waals surface area contributed by atoms with Gasteiger partial charge < -0.3 is 58.5 Å². The molecule has 3 rings (SSSR count). The van der Waals surface area contributed by atoms with Gasteiger partial charge >= 0.3 is 11.9 Å². The molecule has 0 aromatic heterocycles. The quantitative estimate of drug-likeness (QED) is 0.249. The molecule has 15 nitrogen and oxygen atoms in total. The predicted molar refractivity (Wildman–Crippen MR) is 196 cm³/mol. The van der Waals surface area contributed by atoms with Crippen molar-refractivity contribution >= 4 is 17.7 Å². The van der Waals surface area contributed by atoms with Gasteiger partial charge in [-0.3, -0.25) is 14.4 Å². The Morgan fingerprint density at radius 2 is 1.56 bits per heavy atom. The number of rotatable bonds is 9. The van der Waals surface area contributed by atoms with Crippen LogP contribution in [-0.2, 0) is 47.5 Å². The van der Waals surface area contributed by atoms with Gasteiger partial charge in [0.15, 0.2) is 18.7 Å². The Balaban J connectivity index is 2.22. The molecule has 3 heterocycles. The summed E-state index contributed by atoms with van der Waals surface area (Å²) in [6.07, 6.45) is -10.1. The van der Waals surface area contributed by atoms with Crippen LogP contribution in [0.2, 0.25) is 0 Å². The second kappa shape index (κ2) is 19.1. The van der Waals surface area contributed by atoms with Crippen molar-refractivity contribution < 1.29 is 68.0 Å². The highest BCUT2D eigenvalue weighted by atomic mass is 16.7. The van der Waals surface area contributed by atoms with Crippen molar-refractivity contribution in [3.63, 3.8) is 0 Å². The summed E-state index contributed by atoms with van der Waals surface area (Å²) in [6.45, 7) is 16.3. The van der Waals surface area contributed by atoms with Gasteiger partial charge in [0.05, 0.1) is 54.2 Å². The third-order valence-corrected chi connectivity index (χ3v) is 11.8. The minimum atomic E-state index is -2.01. The van der Waals surface area contributed by atoms with Crippen LogP contribution in [0.15, 0.2) is 0 Å². The Labute approximate surface area is 321 Å². The number of carbonyl (C=O) groups is 3. The normalized spacial score (nSPS) is 46.1. The number of hydrogen-bond acceptors (Lipinski definition) is 15. The fraction of sp³-hybridized carbons (Fsp3) is 0.923. The van der Waals surface area contributed by atoms with E-state index in [-0.39, 0.29) is 37.8 Å². The number of ether oxygens (including phenoxy) is 7. The first-order valence-corrected chi connectivity index (χ1v) is 19.6. The summed E-state index contributed by atoms with van der Waals surface area (Å²) < 4.78 is 43.2. The van der Waals surface area contributed by atoms with Crippen molar-refractivity contribution in [2.45, 2.75) is 186 Å². The molecule has 0 saturated carbocycles. The van der Waals surface area contributed by atoms with Crippen molar-refractivity contribution in [2.75, 3.05) is 21.2 Å². The van der Waals surface area contributed by atoms with Crippen LogP contribution in [0.3, 0.4) is 0 Å². The Hall–Kier alpha value is -1.79. The molecular weight excluding hydrogens is 706 g/mol. The third kappa shape index (κ3) is 10.6. The number of nitrogens with zero attached hydrogens (tertiary/aromatic N) is 1. The molecule has 3 fully saturated rings. The molecule has 3 aliphatic rings. The third-order valence-electron chi connectivity index (χ3n) is 11.8. The average Bonchev–Trinajstić information content (AvgIpc) is 3.11. The van der Waals surface area contributed by atoms with Gasteiger partial charge in [0.1, 0.15) is 23.6 Å². The molecule has 0 radical (unpaired) electrons. The van der Waals surface area contributed by atoms with Crippen molar-refractivity contribution in [1.82, 2.24) is 4.90 Å². The molecule has 0 bridgehead atoms. The lowest BCUT2D eigenvalue weighted by Crippen LogP contribution is -2.61. The topological polar surface area (TPSA) is 200 Å². The maximum Gasteiger partial charge on any atom is 0.311 e. The van der Waals surface area contributed by atoms with Gasteiger partial charge in [0.2, 0.25) is 0 Å². The van der Waals surface area contributed by atoms with E-state index in [9.17, 15) is 34.8 Å². The van der Waals surface area contributed by atoms with Gasteiger partial charge in [-0.05, 0) is 68.0 Å². The first-order chi connectivity index (χ1) is 25.0. The number of cyclic esters (lactones) is 1. The molecule has 0 amide bonds. The Morgan fingerprint density at radius 1 is 0.926 bits per heavy atom. The number of aliphatic hydroxyl groups is 4. The number of methoxy groups -OCH3 is 1. The molecule has 54 heavy (non-hydrogen) atoms. The van der Waals surface area contributed by atoms with Crippen LogP contribution < -0.4 is 0 Å². The van der Waals surface area contributed by atoms with Crippen molar-refractivity contribution in [1.29, 1.82) is 0 Å². The highest BCUT2D eigenvalue weighted by Gasteiger charge is 2.53. The number of aliphatic hydroxyl groups excluding tert-OH is 2. The summed E-state index contributed by atoms with van der Waals surface area (Å²) in [7, 11) is 5.20. The van der Waals surface area contributed by atoms with Crippen LogP contribution in [0.25, 0.3) is 0 Å². The van der Waals surface area contributed by atoms with Crippen LogP contribution in [0.1, 0.15) is 101 Å². The molecule has 18 atom stereocenters. The summed E-state index contributed by atoms with van der Waals surface area (Å²) in [5.74, 6) is -5.55. The monoisotopic (exact) mass is 775 g/mol. The predicted octanol–water partition coefficient (Wildman–Crippen LogP) is 2.36. The van der Waals surface area contributed by atoms with Crippen LogP contribution in [-0.4, -0.2) is 149 Å². The van der Waals surface area contributed by atoms with Crippen LogP contribution in [0.5, 0.6) is 0 Å². The van der Waals surface area contributed by atoms with Gasteiger partial charge in [-0.25, -0.2) is 0 Å². The van der Waals surface area contributed by atoms with E-state index < -0.39 is 114 Å². The zero-order valence-corrected chi connectivity index (χ0v) is 34.6. The van der Waals surface area contributed by atoms with E-state index in [1.54, 1.807) is 41.5 Å². The minimum Gasteiger partial charge on any atom is -0.459 e. The minimum absolute atomic E-state index is 0.109. The first kappa shape index (κ1) is 46.6. The Kier molecular flexibility index (Phi) is 16.5. The molecule has 4 N–H and O–H groups in total. The fourth-order valence-electron chi connectivity index (χ4n) is 8.49. The molecule has 0 aromatic rings. The Morgan fingerprint density at radius 3 is 2.11 bits per heavy atom. The average molecular weight is 776 g/mol. The summed E-state index contributed by atoms with van der Waals surface area (Å²) >= 11 is 0. The number of carbonyl (C=O) groups excluding carboxylic acids is 3. The van der Waals surface area contributed by atoms with E-state index in [1.807, 2.05) is 25.9 Å². The molecule has 314 valence electrons. The summed E-state index contributed by atoms with van der Waals surface area (Å²) in [4.78, 5) is 42.8. The molecule has 0 aromatic carbocycles. The molecule has 3 saturated heterocycles. The van der Waals surface area contributed by atoms with E-state index in [0.29, 0.717) is 6.42 Å². The number of esters is 2. The summed E-state index contributed by atoms with van der Waals surface area (Å²) in [5.41, 5.74) is -3.84. The van der Waals surface area contributed by atoms with E-state index in [2.05, 4.69) is 0 Å². The van der Waals surface area contributed by atoms with Crippen LogP contribution in [0, 0.1) is 23.7 Å². The standard InChI is InChI=1S/C39H69NO14/c1-14-27-39(10,47)34(44)21(5)30(42)19(3)18-38(9,46)35(54-37-33(52-28(41)15-2)25(40(11)12)16-20(4)49-37)22(6)32(23(7)36(45)51-27)53-29-17-26(48-13)31(43)24(8)50-29/h19-27,29,31-35,37,43-44,46-47H,14-18H2,1-13H3/t19-,20-,21+,22+,23-,24+,25+,26-,27-,29?,31+,32+,33-,34-,35-,37?,38-,39-/m1/s1. The highest BCUT2D eigenvalue weighted by Crippen LogP contribution is 2.40. The largest absolute Gasteiger partial charge is 0.459 e. The lowest BCUT2D eigenvalue weighted by Gasteiger charge is -2.48. The number of Topliss-reactive ketones (excluding diaryl/α,β-unsaturated/α-hetero) is 1. The number of hydrogen-bond donors (Lipinski definition) is 4. The second-order valence-corrected chi connectivity index (χ2v) is 16.6. The van der Waals surface area contributed by atoms with Crippen molar-refractivity contribution in [2.24, 2.45) is 23.7 Å². The van der Waals surface area contributed by atoms with Crippen molar-refractivity contribution in [3.8, 4) is 0 Å². The second-order valence-electron chi connectivity index (χ2n) is 16.6. The van der Waals surface area contributed by atoms with Gasteiger partial charge in [0, 0.05) is 37.7 Å². The lowest BCUT2D eigenvalue weighted by molar-refractivity contribution is -0.313.